The first kappa shape index (κ1) is 20.1. The van der Waals surface area contributed by atoms with Crippen LogP contribution in [0, 0.1) is 12.7 Å². The molecule has 1 saturated heterocycles. The molecule has 1 aromatic heterocycles. The van der Waals surface area contributed by atoms with Crippen molar-refractivity contribution < 1.29 is 14.0 Å². The van der Waals surface area contributed by atoms with Gasteiger partial charge in [0.25, 0.3) is 5.91 Å². The lowest BCUT2D eigenvalue weighted by molar-refractivity contribution is 0.0931. The van der Waals surface area contributed by atoms with Crippen molar-refractivity contribution in [1.82, 2.24) is 15.2 Å². The minimum atomic E-state index is -0.360. The van der Waals surface area contributed by atoms with Crippen LogP contribution in [0.4, 0.5) is 4.39 Å². The molecule has 2 heterocycles. The summed E-state index contributed by atoms with van der Waals surface area (Å²) < 4.78 is 14.6. The lowest BCUT2D eigenvalue weighted by Gasteiger charge is -2.29. The highest BCUT2D eigenvalue weighted by Gasteiger charge is 2.30. The van der Waals surface area contributed by atoms with E-state index in [0.29, 0.717) is 33.8 Å². The van der Waals surface area contributed by atoms with Gasteiger partial charge in [-0.05, 0) is 63.4 Å². The number of H-pyrrole nitrogens is 1. The summed E-state index contributed by atoms with van der Waals surface area (Å²) in [6.45, 7) is 3.74. The zero-order valence-electron chi connectivity index (χ0n) is 16.5. The molecule has 2 N–H and O–H groups in total. The predicted octanol–water partition coefficient (Wildman–Crippen LogP) is 4.20. The summed E-state index contributed by atoms with van der Waals surface area (Å²) in [7, 11) is 0. The third-order valence-corrected chi connectivity index (χ3v) is 6.36. The first-order valence-electron chi connectivity index (χ1n) is 10.2. The van der Waals surface area contributed by atoms with Gasteiger partial charge in [0.1, 0.15) is 11.5 Å². The van der Waals surface area contributed by atoms with E-state index in [1.165, 1.54) is 6.07 Å². The summed E-state index contributed by atoms with van der Waals surface area (Å²) in [5, 5.41) is 3.31. The number of likely N-dealkylation sites (tertiary alicyclic amines) is 1. The third kappa shape index (κ3) is 3.83. The second-order valence-electron chi connectivity index (χ2n) is 7.86. The number of hydrogen-bond donors (Lipinski definition) is 2. The standard InChI is InChI=1S/C22H25ClFN3O2/c1-13-19-16(8-5-9-18(19)28)26-21(13)22(29)25-12-17(27-10-2-3-11-27)20-14(23)6-4-7-15(20)24/h4,6-7,17,26H,2-3,5,8-12H2,1H3,(H,25,29). The summed E-state index contributed by atoms with van der Waals surface area (Å²) >= 11 is 6.32. The maximum atomic E-state index is 14.6. The first-order valence-corrected chi connectivity index (χ1v) is 10.6. The zero-order chi connectivity index (χ0) is 20.5. The highest BCUT2D eigenvalue weighted by Crippen LogP contribution is 2.32. The first-order chi connectivity index (χ1) is 14.0. The predicted molar refractivity (Wildman–Crippen MR) is 110 cm³/mol. The van der Waals surface area contributed by atoms with Crippen LogP contribution in [0.5, 0.6) is 0 Å². The van der Waals surface area contributed by atoms with Crippen molar-refractivity contribution >= 4 is 23.3 Å². The van der Waals surface area contributed by atoms with Gasteiger partial charge in [0.2, 0.25) is 0 Å². The summed E-state index contributed by atoms with van der Waals surface area (Å²) in [6.07, 6.45) is 4.18. The van der Waals surface area contributed by atoms with E-state index in [1.54, 1.807) is 19.1 Å². The van der Waals surface area contributed by atoms with E-state index in [0.717, 1.165) is 44.5 Å². The van der Waals surface area contributed by atoms with Gasteiger partial charge < -0.3 is 10.3 Å². The van der Waals surface area contributed by atoms with Crippen LogP contribution in [0.25, 0.3) is 0 Å². The highest BCUT2D eigenvalue weighted by atomic mass is 35.5. The Kier molecular flexibility index (Phi) is 5.74. The van der Waals surface area contributed by atoms with Gasteiger partial charge >= 0.3 is 0 Å². The number of Topliss-reactive ketones (excluding diaryl/α,β-unsaturated/α-hetero) is 1. The number of nitrogens with one attached hydrogen (secondary N) is 2. The fraction of sp³-hybridized carbons (Fsp3) is 0.455. The SMILES string of the molecule is Cc1c(C(=O)NCC(c2c(F)cccc2Cl)N2CCCC2)[nH]c2c1C(=O)CCC2. The number of aromatic amines is 1. The minimum Gasteiger partial charge on any atom is -0.354 e. The fourth-order valence-electron chi connectivity index (χ4n) is 4.57. The van der Waals surface area contributed by atoms with E-state index in [1.807, 2.05) is 0 Å². The number of fused-ring (bicyclic) bond motifs is 1. The molecule has 1 unspecified atom stereocenters. The summed E-state index contributed by atoms with van der Waals surface area (Å²) in [5.74, 6) is -0.547. The second-order valence-corrected chi connectivity index (χ2v) is 8.27. The number of hydrogen-bond acceptors (Lipinski definition) is 3. The number of aromatic nitrogens is 1. The quantitative estimate of drug-likeness (QED) is 0.766. The van der Waals surface area contributed by atoms with E-state index in [2.05, 4.69) is 15.2 Å². The molecule has 1 aliphatic heterocycles. The van der Waals surface area contributed by atoms with Gasteiger partial charge in [0.05, 0.1) is 6.04 Å². The average molecular weight is 418 g/mol. The Morgan fingerprint density at radius 1 is 1.28 bits per heavy atom. The van der Waals surface area contributed by atoms with Crippen molar-refractivity contribution in [2.45, 2.75) is 45.1 Å². The Morgan fingerprint density at radius 2 is 2.03 bits per heavy atom. The molecule has 154 valence electrons. The number of ketones is 1. The van der Waals surface area contributed by atoms with E-state index in [4.69, 9.17) is 11.6 Å². The van der Waals surface area contributed by atoms with Crippen LogP contribution in [-0.2, 0) is 6.42 Å². The van der Waals surface area contributed by atoms with Crippen LogP contribution in [-0.4, -0.2) is 41.2 Å². The summed E-state index contributed by atoms with van der Waals surface area (Å²) in [4.78, 5) is 30.4. The van der Waals surface area contributed by atoms with Crippen molar-refractivity contribution in [3.8, 4) is 0 Å². The van der Waals surface area contributed by atoms with E-state index < -0.39 is 0 Å². The van der Waals surface area contributed by atoms with Crippen molar-refractivity contribution in [2.75, 3.05) is 19.6 Å². The second kappa shape index (κ2) is 8.28. The van der Waals surface area contributed by atoms with E-state index in [-0.39, 0.29) is 30.1 Å². The van der Waals surface area contributed by atoms with Gasteiger partial charge in [0, 0.05) is 34.8 Å². The molecule has 0 radical (unpaired) electrons. The molecule has 1 aromatic carbocycles. The molecule has 2 aromatic rings. The fourth-order valence-corrected chi connectivity index (χ4v) is 4.86. The molecule has 4 rings (SSSR count). The van der Waals surface area contributed by atoms with Gasteiger partial charge in [-0.3, -0.25) is 14.5 Å². The van der Waals surface area contributed by atoms with Crippen molar-refractivity contribution in [2.24, 2.45) is 0 Å². The Balaban J connectivity index is 1.57. The number of aryl methyl sites for hydroxylation is 1. The molecule has 1 amide bonds. The van der Waals surface area contributed by atoms with Crippen LogP contribution in [0.2, 0.25) is 5.02 Å². The van der Waals surface area contributed by atoms with Crippen molar-refractivity contribution in [3.63, 3.8) is 0 Å². The van der Waals surface area contributed by atoms with Crippen LogP contribution in [0.15, 0.2) is 18.2 Å². The van der Waals surface area contributed by atoms with Crippen molar-refractivity contribution in [1.29, 1.82) is 0 Å². The van der Waals surface area contributed by atoms with Gasteiger partial charge in [0.15, 0.2) is 5.78 Å². The Labute approximate surface area is 174 Å². The third-order valence-electron chi connectivity index (χ3n) is 6.03. The van der Waals surface area contributed by atoms with Gasteiger partial charge in [-0.15, -0.1) is 0 Å². The summed E-state index contributed by atoms with van der Waals surface area (Å²) in [5.41, 5.74) is 3.05. The van der Waals surface area contributed by atoms with E-state index >= 15 is 0 Å². The number of rotatable bonds is 5. The Bertz CT molecular complexity index is 930. The molecule has 0 bridgehead atoms. The monoisotopic (exact) mass is 417 g/mol. The molecule has 1 aliphatic carbocycles. The smallest absolute Gasteiger partial charge is 0.268 e. The van der Waals surface area contributed by atoms with Gasteiger partial charge in [-0.2, -0.15) is 0 Å². The lowest BCUT2D eigenvalue weighted by atomic mass is 9.94. The van der Waals surface area contributed by atoms with Crippen LogP contribution in [0.3, 0.4) is 0 Å². The molecule has 0 saturated carbocycles. The number of benzene rings is 1. The topological polar surface area (TPSA) is 65.2 Å². The van der Waals surface area contributed by atoms with Crippen LogP contribution < -0.4 is 5.32 Å². The van der Waals surface area contributed by atoms with E-state index in [9.17, 15) is 14.0 Å². The van der Waals surface area contributed by atoms with Crippen molar-refractivity contribution in [3.05, 3.63) is 57.1 Å². The molecule has 2 aliphatic rings. The molecule has 1 atom stereocenters. The van der Waals surface area contributed by atoms with Crippen LogP contribution >= 0.6 is 11.6 Å². The summed E-state index contributed by atoms with van der Waals surface area (Å²) in [6, 6.07) is 4.34. The van der Waals surface area contributed by atoms with Gasteiger partial charge in [-0.25, -0.2) is 4.39 Å². The molecule has 5 nitrogen and oxygen atoms in total. The highest BCUT2D eigenvalue weighted by molar-refractivity contribution is 6.31. The number of amides is 1. The molecular formula is C22H25ClFN3O2. The number of nitrogens with zero attached hydrogens (tertiary/aromatic N) is 1. The van der Waals surface area contributed by atoms with Crippen LogP contribution in [0.1, 0.15) is 69.4 Å². The largest absolute Gasteiger partial charge is 0.354 e. The van der Waals surface area contributed by atoms with Gasteiger partial charge in [-0.1, -0.05) is 17.7 Å². The molecule has 7 heteroatoms. The lowest BCUT2D eigenvalue weighted by Crippen LogP contribution is -2.37. The molecule has 0 spiro atoms. The normalized spacial score (nSPS) is 18.0. The maximum Gasteiger partial charge on any atom is 0.268 e. The maximum absolute atomic E-state index is 14.6. The Hall–Kier alpha value is -2.18. The Morgan fingerprint density at radius 3 is 2.72 bits per heavy atom. The number of carbonyl (C=O) groups excluding carboxylic acids is 2. The minimum absolute atomic E-state index is 0.0899. The number of carbonyl (C=O) groups is 2. The average Bonchev–Trinajstić information content (AvgIpc) is 3.33. The zero-order valence-corrected chi connectivity index (χ0v) is 17.2. The number of halogens is 2. The molecule has 1 fully saturated rings. The molecule has 29 heavy (non-hydrogen) atoms. The molecular weight excluding hydrogens is 393 g/mol.